The van der Waals surface area contributed by atoms with E-state index >= 15 is 0 Å². The summed E-state index contributed by atoms with van der Waals surface area (Å²) < 4.78 is 18.5. The van der Waals surface area contributed by atoms with E-state index in [0.29, 0.717) is 6.42 Å². The molecule has 0 radical (unpaired) electrons. The molecule has 2 aromatic rings. The first kappa shape index (κ1) is 18.3. The first-order valence-electron chi connectivity index (χ1n) is 7.71. The second-order valence-corrected chi connectivity index (χ2v) is 5.31. The van der Waals surface area contributed by atoms with Crippen molar-refractivity contribution >= 4 is 11.7 Å². The van der Waals surface area contributed by atoms with E-state index in [1.165, 1.54) is 12.1 Å². The normalized spacial score (nSPS) is 11.2. The van der Waals surface area contributed by atoms with E-state index in [9.17, 15) is 14.3 Å². The number of nitrogens with one attached hydrogen (secondary N) is 2. The Hall–Kier alpha value is -3.04. The van der Waals surface area contributed by atoms with Gasteiger partial charge in [-0.25, -0.2) is 9.18 Å². The van der Waals surface area contributed by atoms with Crippen LogP contribution in [0.3, 0.4) is 0 Å². The average Bonchev–Trinajstić information content (AvgIpc) is 2.61. The van der Waals surface area contributed by atoms with Crippen LogP contribution < -0.4 is 15.4 Å². The zero-order chi connectivity index (χ0) is 18.1. The fourth-order valence-electron chi connectivity index (χ4n) is 2.17. The van der Waals surface area contributed by atoms with E-state index < -0.39 is 18.0 Å². The molecule has 0 heterocycles. The Labute approximate surface area is 145 Å². The number of hydrogen-bond donors (Lipinski definition) is 3. The highest BCUT2D eigenvalue weighted by molar-refractivity contribution is 5.90. The van der Waals surface area contributed by atoms with Crippen LogP contribution in [0.15, 0.2) is 48.5 Å². The van der Waals surface area contributed by atoms with Crippen LogP contribution in [0, 0.1) is 18.2 Å². The van der Waals surface area contributed by atoms with E-state index in [1.807, 2.05) is 30.3 Å². The Morgan fingerprint density at radius 3 is 2.76 bits per heavy atom. The van der Waals surface area contributed by atoms with Gasteiger partial charge >= 0.3 is 6.03 Å². The number of aliphatic hydroxyl groups excluding tert-OH is 1. The number of aliphatic hydroxyl groups is 1. The summed E-state index contributed by atoms with van der Waals surface area (Å²) in [5.74, 6) is 1.91. The molecule has 0 saturated carbocycles. The predicted molar refractivity (Wildman–Crippen MR) is 93.9 cm³/mol. The van der Waals surface area contributed by atoms with Crippen molar-refractivity contribution < 1.29 is 19.0 Å². The lowest BCUT2D eigenvalue weighted by molar-refractivity contribution is 0.172. The number of hydrogen-bond acceptors (Lipinski definition) is 3. The number of amides is 2. The van der Waals surface area contributed by atoms with Crippen LogP contribution >= 0.6 is 0 Å². The van der Waals surface area contributed by atoms with Crippen molar-refractivity contribution in [3.8, 4) is 18.1 Å². The largest absolute Gasteiger partial charge is 0.479 e. The molecule has 0 fully saturated rings. The summed E-state index contributed by atoms with van der Waals surface area (Å²) in [6.07, 6.45) is 4.82. The number of carbonyl (C=O) groups excluding carboxylic acids is 1. The van der Waals surface area contributed by atoms with Crippen molar-refractivity contribution in [2.24, 2.45) is 0 Å². The standard InChI is InChI=1S/C19H19FN2O3/c1-2-10-25-18-12-15(20)8-9-17(18)22-19(24)21-13-16(23)11-14-6-4-3-5-7-14/h1,3-9,12,16,23H,10-11,13H2,(H2,21,22,24). The lowest BCUT2D eigenvalue weighted by Gasteiger charge is -2.14. The SMILES string of the molecule is C#CCOc1cc(F)ccc1NC(=O)NCC(O)Cc1ccccc1. The molecule has 0 bridgehead atoms. The first-order valence-corrected chi connectivity index (χ1v) is 7.71. The Kier molecular flexibility index (Phi) is 6.81. The van der Waals surface area contributed by atoms with E-state index in [-0.39, 0.29) is 24.6 Å². The highest BCUT2D eigenvalue weighted by Gasteiger charge is 2.11. The van der Waals surface area contributed by atoms with Crippen LogP contribution in [0.5, 0.6) is 5.75 Å². The molecule has 2 amide bonds. The Bertz CT molecular complexity index is 744. The van der Waals surface area contributed by atoms with Gasteiger partial charge in [0, 0.05) is 19.0 Å². The topological polar surface area (TPSA) is 70.6 Å². The lowest BCUT2D eigenvalue weighted by atomic mass is 10.1. The van der Waals surface area contributed by atoms with Crippen LogP contribution in [-0.4, -0.2) is 30.4 Å². The molecular weight excluding hydrogens is 323 g/mol. The molecule has 2 rings (SSSR count). The number of terminal acetylenes is 1. The summed E-state index contributed by atoms with van der Waals surface area (Å²) >= 11 is 0. The van der Waals surface area contributed by atoms with Gasteiger partial charge in [-0.3, -0.25) is 0 Å². The smallest absolute Gasteiger partial charge is 0.319 e. The predicted octanol–water partition coefficient (Wildman–Crippen LogP) is 2.56. The van der Waals surface area contributed by atoms with Gasteiger partial charge in [-0.1, -0.05) is 36.3 Å². The number of rotatable bonds is 7. The summed E-state index contributed by atoms with van der Waals surface area (Å²) in [5.41, 5.74) is 1.26. The zero-order valence-electron chi connectivity index (χ0n) is 13.5. The van der Waals surface area contributed by atoms with Crippen LogP contribution in [0.25, 0.3) is 0 Å². The second-order valence-electron chi connectivity index (χ2n) is 5.31. The number of carbonyl (C=O) groups is 1. The second kappa shape index (κ2) is 9.30. The molecule has 5 nitrogen and oxygen atoms in total. The van der Waals surface area contributed by atoms with E-state index in [0.717, 1.165) is 11.6 Å². The number of ether oxygens (including phenoxy) is 1. The van der Waals surface area contributed by atoms with Gasteiger partial charge in [0.25, 0.3) is 0 Å². The van der Waals surface area contributed by atoms with E-state index in [1.54, 1.807) is 0 Å². The van der Waals surface area contributed by atoms with Crippen LogP contribution in [0.2, 0.25) is 0 Å². The third-order valence-corrected chi connectivity index (χ3v) is 3.32. The minimum atomic E-state index is -0.724. The third-order valence-electron chi connectivity index (χ3n) is 3.32. The molecule has 0 aromatic heterocycles. The maximum atomic E-state index is 13.3. The number of urea groups is 1. The van der Waals surface area contributed by atoms with Gasteiger partial charge in [-0.15, -0.1) is 6.42 Å². The maximum Gasteiger partial charge on any atom is 0.319 e. The highest BCUT2D eigenvalue weighted by Crippen LogP contribution is 2.25. The van der Waals surface area contributed by atoms with Crippen molar-refractivity contribution in [3.05, 3.63) is 59.9 Å². The van der Waals surface area contributed by atoms with E-state index in [2.05, 4.69) is 16.6 Å². The van der Waals surface area contributed by atoms with Gasteiger partial charge in [0.15, 0.2) is 0 Å². The summed E-state index contributed by atoms with van der Waals surface area (Å²) in [5, 5.41) is 15.1. The van der Waals surface area contributed by atoms with Crippen LogP contribution in [-0.2, 0) is 6.42 Å². The maximum absolute atomic E-state index is 13.3. The molecule has 1 unspecified atom stereocenters. The van der Waals surface area contributed by atoms with Crippen molar-refractivity contribution in [2.45, 2.75) is 12.5 Å². The Morgan fingerprint density at radius 1 is 1.28 bits per heavy atom. The first-order chi connectivity index (χ1) is 12.1. The molecule has 0 saturated heterocycles. The zero-order valence-corrected chi connectivity index (χ0v) is 13.5. The molecule has 0 aliphatic carbocycles. The van der Waals surface area contributed by atoms with Gasteiger partial charge in [0.2, 0.25) is 0 Å². The van der Waals surface area contributed by atoms with Crippen LogP contribution in [0.4, 0.5) is 14.9 Å². The monoisotopic (exact) mass is 342 g/mol. The fraction of sp³-hybridized carbons (Fsp3) is 0.211. The molecule has 130 valence electrons. The van der Waals surface area contributed by atoms with Crippen LogP contribution in [0.1, 0.15) is 5.56 Å². The minimum Gasteiger partial charge on any atom is -0.479 e. The minimum absolute atomic E-state index is 0.0461. The average molecular weight is 342 g/mol. The molecular formula is C19H19FN2O3. The van der Waals surface area contributed by atoms with Gasteiger partial charge in [-0.05, 0) is 17.7 Å². The fourth-order valence-corrected chi connectivity index (χ4v) is 2.17. The van der Waals surface area contributed by atoms with Gasteiger partial charge < -0.3 is 20.5 Å². The third kappa shape index (κ3) is 6.16. The summed E-state index contributed by atoms with van der Waals surface area (Å²) in [6.45, 7) is 0.0258. The van der Waals surface area contributed by atoms with Crippen molar-refractivity contribution in [1.82, 2.24) is 5.32 Å². The quantitative estimate of drug-likeness (QED) is 0.677. The molecule has 1 atom stereocenters. The van der Waals surface area contributed by atoms with Crippen molar-refractivity contribution in [2.75, 3.05) is 18.5 Å². The number of anilines is 1. The molecule has 25 heavy (non-hydrogen) atoms. The lowest BCUT2D eigenvalue weighted by Crippen LogP contribution is -2.36. The molecule has 6 heteroatoms. The van der Waals surface area contributed by atoms with Crippen molar-refractivity contribution in [3.63, 3.8) is 0 Å². The number of halogens is 1. The van der Waals surface area contributed by atoms with Crippen molar-refractivity contribution in [1.29, 1.82) is 0 Å². The number of benzene rings is 2. The molecule has 0 spiro atoms. The summed E-state index contributed by atoms with van der Waals surface area (Å²) in [4.78, 5) is 12.0. The summed E-state index contributed by atoms with van der Waals surface area (Å²) in [6, 6.07) is 12.6. The van der Waals surface area contributed by atoms with Gasteiger partial charge in [0.1, 0.15) is 18.2 Å². The Balaban J connectivity index is 1.86. The highest BCUT2D eigenvalue weighted by atomic mass is 19.1. The van der Waals surface area contributed by atoms with Gasteiger partial charge in [-0.2, -0.15) is 0 Å². The van der Waals surface area contributed by atoms with E-state index in [4.69, 9.17) is 11.2 Å². The Morgan fingerprint density at radius 2 is 2.04 bits per heavy atom. The molecule has 3 N–H and O–H groups in total. The van der Waals surface area contributed by atoms with Gasteiger partial charge in [0.05, 0.1) is 11.8 Å². The molecule has 0 aliphatic rings. The molecule has 0 aliphatic heterocycles. The molecule has 2 aromatic carbocycles. The summed E-state index contributed by atoms with van der Waals surface area (Å²) in [7, 11) is 0.